The van der Waals surface area contributed by atoms with Gasteiger partial charge in [-0.15, -0.1) is 0 Å². The lowest BCUT2D eigenvalue weighted by Crippen LogP contribution is -2.31. The molecule has 474 valence electrons. The van der Waals surface area contributed by atoms with E-state index in [1.54, 1.807) is 0 Å². The molecule has 0 saturated carbocycles. The second-order valence-corrected chi connectivity index (χ2v) is 28.0. The first-order chi connectivity index (χ1) is 50.7. The quantitative estimate of drug-likeness (QED) is 0.143. The zero-order valence-electron chi connectivity index (χ0n) is 55.7. The zero-order valence-corrected chi connectivity index (χ0v) is 55.7. The Morgan fingerprint density at radius 1 is 0.137 bits per heavy atom. The fraction of sp³-hybridized carbons (Fsp3) is 0.0303. The molecule has 0 bridgehead atoms. The molecule has 3 heteroatoms. The van der Waals surface area contributed by atoms with Gasteiger partial charge in [0.1, 0.15) is 0 Å². The third kappa shape index (κ3) is 7.33. The molecule has 16 aromatic carbocycles. The molecule has 16 aromatic rings. The van der Waals surface area contributed by atoms with E-state index in [4.69, 9.17) is 0 Å². The van der Waals surface area contributed by atoms with Crippen LogP contribution in [0.3, 0.4) is 0 Å². The Balaban J connectivity index is 0.979. The van der Waals surface area contributed by atoms with Crippen molar-refractivity contribution in [2.75, 3.05) is 14.7 Å². The Hall–Kier alpha value is -13.1. The Kier molecular flexibility index (Phi) is 12.0. The Labute approximate surface area is 594 Å². The first-order valence-corrected chi connectivity index (χ1v) is 35.7. The molecule has 0 heterocycles. The van der Waals surface area contributed by atoms with Crippen molar-refractivity contribution in [2.24, 2.45) is 0 Å². The average Bonchev–Trinajstić information content (AvgIpc) is 1.45. The van der Waals surface area contributed by atoms with E-state index in [-0.39, 0.29) is 0 Å². The second-order valence-electron chi connectivity index (χ2n) is 28.0. The Morgan fingerprint density at radius 3 is 0.510 bits per heavy atom. The summed E-state index contributed by atoms with van der Waals surface area (Å²) in [5.74, 6) is 0. The van der Waals surface area contributed by atoms with Gasteiger partial charge in [-0.05, 0) is 243 Å². The van der Waals surface area contributed by atoms with Gasteiger partial charge in [0, 0.05) is 51.2 Å². The minimum absolute atomic E-state index is 0.874. The van der Waals surface area contributed by atoms with Crippen LogP contribution < -0.4 is 14.7 Å². The molecule has 0 radical (unpaired) electrons. The van der Waals surface area contributed by atoms with Gasteiger partial charge in [0.25, 0.3) is 0 Å². The van der Waals surface area contributed by atoms with Crippen LogP contribution in [-0.2, 0) is 16.2 Å². The van der Waals surface area contributed by atoms with Crippen LogP contribution in [0.5, 0.6) is 0 Å². The fourth-order valence-corrected chi connectivity index (χ4v) is 19.9. The number of hydrogen-bond acceptors (Lipinski definition) is 3. The molecule has 6 aliphatic rings. The number of anilines is 9. The molecule has 0 unspecified atom stereocenters. The molecule has 6 aliphatic carbocycles. The van der Waals surface area contributed by atoms with Gasteiger partial charge in [0.15, 0.2) is 0 Å². The number of benzene rings is 16. The van der Waals surface area contributed by atoms with Crippen LogP contribution in [0.4, 0.5) is 51.2 Å². The summed E-state index contributed by atoms with van der Waals surface area (Å²) in [6.45, 7) is 0. The molecular formula is C99H63N3. The van der Waals surface area contributed by atoms with Crippen molar-refractivity contribution in [1.82, 2.24) is 0 Å². The maximum absolute atomic E-state index is 2.61. The topological polar surface area (TPSA) is 9.72 Å². The predicted octanol–water partition coefficient (Wildman–Crippen LogP) is 25.1. The van der Waals surface area contributed by atoms with E-state index in [0.717, 1.165) is 51.2 Å². The van der Waals surface area contributed by atoms with E-state index >= 15 is 0 Å². The molecule has 22 rings (SSSR count). The minimum atomic E-state index is -0.874. The van der Waals surface area contributed by atoms with E-state index in [9.17, 15) is 0 Å². The van der Waals surface area contributed by atoms with Crippen LogP contribution in [0.1, 0.15) is 66.8 Å². The summed E-state index contributed by atoms with van der Waals surface area (Å²) in [6.07, 6.45) is 0. The monoisotopic (exact) mass is 1290 g/mol. The van der Waals surface area contributed by atoms with Crippen molar-refractivity contribution >= 4 is 51.2 Å². The number of fused-ring (bicyclic) bond motifs is 33. The maximum Gasteiger partial charge on any atom is 0.0732 e. The highest BCUT2D eigenvalue weighted by Gasteiger charge is 2.65. The van der Waals surface area contributed by atoms with Gasteiger partial charge in [0.2, 0.25) is 0 Å². The van der Waals surface area contributed by atoms with E-state index in [2.05, 4.69) is 397 Å². The maximum atomic E-state index is 2.61. The average molecular weight is 1290 g/mol. The molecule has 0 aliphatic heterocycles. The normalized spacial score (nSPS) is 14.1. The van der Waals surface area contributed by atoms with Gasteiger partial charge in [-0.2, -0.15) is 0 Å². The SMILES string of the molecule is c1ccc(N(c2ccccc2)c2ccc3c(c2)C2(c4ccccc4-c4ccccc42)c2c-3c3c(c4c2-c2ccc(N(c5ccccc5)c5ccccc5)cc2C42c4ccccc4-c4ccccc42)-c2ccc(N(c4ccccc4)c4ccccc4)cc2C32c3ccccc3-c3ccccc32)cc1. The summed E-state index contributed by atoms with van der Waals surface area (Å²) in [6, 6.07) is 145. The predicted molar refractivity (Wildman–Crippen MR) is 419 cm³/mol. The van der Waals surface area contributed by atoms with Crippen molar-refractivity contribution in [2.45, 2.75) is 16.2 Å². The Morgan fingerprint density at radius 2 is 0.314 bits per heavy atom. The summed E-state index contributed by atoms with van der Waals surface area (Å²) >= 11 is 0. The molecule has 0 aromatic heterocycles. The van der Waals surface area contributed by atoms with Gasteiger partial charge in [-0.1, -0.05) is 273 Å². The van der Waals surface area contributed by atoms with Gasteiger partial charge in [-0.3, -0.25) is 0 Å². The lowest BCUT2D eigenvalue weighted by Gasteiger charge is -2.38. The fourth-order valence-electron chi connectivity index (χ4n) is 19.9. The van der Waals surface area contributed by atoms with Gasteiger partial charge < -0.3 is 14.7 Å². The second kappa shape index (κ2) is 21.5. The number of nitrogens with zero attached hydrogens (tertiary/aromatic N) is 3. The first-order valence-electron chi connectivity index (χ1n) is 35.7. The van der Waals surface area contributed by atoms with Crippen LogP contribution in [0.25, 0.3) is 66.8 Å². The Bertz CT molecular complexity index is 5270. The van der Waals surface area contributed by atoms with Crippen molar-refractivity contribution in [1.29, 1.82) is 0 Å². The van der Waals surface area contributed by atoms with Crippen LogP contribution in [-0.4, -0.2) is 0 Å². The van der Waals surface area contributed by atoms with E-state index < -0.39 is 16.2 Å². The lowest BCUT2D eigenvalue weighted by atomic mass is 9.63. The van der Waals surface area contributed by atoms with Crippen molar-refractivity contribution in [3.63, 3.8) is 0 Å². The molecule has 0 fully saturated rings. The molecule has 0 N–H and O–H groups in total. The first kappa shape index (κ1) is 56.9. The van der Waals surface area contributed by atoms with Crippen molar-refractivity contribution in [3.8, 4) is 66.8 Å². The largest absolute Gasteiger partial charge is 0.310 e. The summed E-state index contributed by atoms with van der Waals surface area (Å²) in [4.78, 5) is 7.40. The minimum Gasteiger partial charge on any atom is -0.310 e. The van der Waals surface area contributed by atoms with E-state index in [1.807, 2.05) is 0 Å². The lowest BCUT2D eigenvalue weighted by molar-refractivity contribution is 0.764. The molecular weight excluding hydrogens is 1230 g/mol. The van der Waals surface area contributed by atoms with Crippen molar-refractivity contribution in [3.05, 3.63) is 449 Å². The summed E-state index contributed by atoms with van der Waals surface area (Å²) < 4.78 is 0. The van der Waals surface area contributed by atoms with Crippen LogP contribution in [0, 0.1) is 0 Å². The van der Waals surface area contributed by atoms with E-state index in [0.29, 0.717) is 0 Å². The highest BCUT2D eigenvalue weighted by molar-refractivity contribution is 6.14. The molecule has 102 heavy (non-hydrogen) atoms. The smallest absolute Gasteiger partial charge is 0.0732 e. The highest BCUT2D eigenvalue weighted by atomic mass is 15.2. The third-order valence-electron chi connectivity index (χ3n) is 23.4. The third-order valence-corrected chi connectivity index (χ3v) is 23.4. The van der Waals surface area contributed by atoms with Gasteiger partial charge in [-0.25, -0.2) is 0 Å². The molecule has 3 spiro atoms. The zero-order chi connectivity index (χ0) is 66.8. The molecule has 0 atom stereocenters. The van der Waals surface area contributed by atoms with Crippen LogP contribution >= 0.6 is 0 Å². The summed E-state index contributed by atoms with van der Waals surface area (Å²) in [5, 5.41) is 0. The standard InChI is InChI=1S/C99H63N3/c1-7-31-64(32-8-1)100(65-33-9-2-10-34-65)70-55-58-79-88(61-70)97(82-49-25-19-43-73(82)74-44-20-26-50-83(74)97)94-91(79)95-93(81-60-57-72(102(68-39-15-5-16-40-68)69-41-17-6-18-42-69)63-90(81)98(95)84-51-27-21-45-75(84)76-46-22-28-52-85(76)98)96-92(94)80-59-56-71(101(66-35-11-3-12-36-66)67-37-13-4-14-38-67)62-89(80)99(96)86-53-29-23-47-77(86)78-48-24-30-54-87(78)99/h1-63H. The highest BCUT2D eigenvalue weighted by Crippen LogP contribution is 2.77. The molecule has 3 nitrogen and oxygen atoms in total. The van der Waals surface area contributed by atoms with Gasteiger partial charge in [0.05, 0.1) is 16.2 Å². The van der Waals surface area contributed by atoms with Crippen LogP contribution in [0.2, 0.25) is 0 Å². The molecule has 0 saturated heterocycles. The number of para-hydroxylation sites is 6. The number of hydrogen-bond donors (Lipinski definition) is 0. The number of rotatable bonds is 9. The molecule has 0 amide bonds. The van der Waals surface area contributed by atoms with Crippen molar-refractivity contribution < 1.29 is 0 Å². The van der Waals surface area contributed by atoms with Crippen LogP contribution in [0.15, 0.2) is 382 Å². The summed E-state index contributed by atoms with van der Waals surface area (Å²) in [7, 11) is 0. The summed E-state index contributed by atoms with van der Waals surface area (Å²) in [5.41, 5.74) is 38.0. The van der Waals surface area contributed by atoms with E-state index in [1.165, 1.54) is 134 Å². The van der Waals surface area contributed by atoms with Gasteiger partial charge >= 0.3 is 0 Å².